The van der Waals surface area contributed by atoms with E-state index in [1.165, 1.54) is 17.4 Å². The number of carbonyl (C=O) groups is 1. The van der Waals surface area contributed by atoms with E-state index in [1.54, 1.807) is 54.3 Å². The number of thiazole rings is 1. The van der Waals surface area contributed by atoms with Crippen LogP contribution in [0.5, 0.6) is 0 Å². The number of hydrogen-bond acceptors (Lipinski definition) is 5. The minimum absolute atomic E-state index is 0.294. The van der Waals surface area contributed by atoms with Crippen molar-refractivity contribution in [2.75, 3.05) is 5.32 Å². The minimum Gasteiger partial charge on any atom is -0.321 e. The Morgan fingerprint density at radius 2 is 2.11 bits per heavy atom. The molecule has 0 spiro atoms. The van der Waals surface area contributed by atoms with Crippen LogP contribution < -0.4 is 5.32 Å². The molecule has 8 heteroatoms. The van der Waals surface area contributed by atoms with Crippen molar-refractivity contribution >= 4 is 34.3 Å². The summed E-state index contributed by atoms with van der Waals surface area (Å²) in [6.45, 7) is 3.60. The van der Waals surface area contributed by atoms with Crippen LogP contribution in [-0.2, 0) is 0 Å². The lowest BCUT2D eigenvalue weighted by atomic mass is 10.2. The van der Waals surface area contributed by atoms with E-state index < -0.39 is 5.82 Å². The zero-order chi connectivity index (χ0) is 19.0. The number of aryl methyl sites for hydroxylation is 2. The molecule has 4 rings (SSSR count). The Kier molecular flexibility index (Phi) is 4.59. The number of amides is 1. The highest BCUT2D eigenvalue weighted by Gasteiger charge is 2.17. The van der Waals surface area contributed by atoms with E-state index in [1.807, 2.05) is 16.8 Å². The van der Waals surface area contributed by atoms with E-state index in [0.29, 0.717) is 27.8 Å². The molecule has 0 aliphatic carbocycles. The number of thiophene rings is 1. The van der Waals surface area contributed by atoms with Gasteiger partial charge in [0.1, 0.15) is 21.5 Å². The summed E-state index contributed by atoms with van der Waals surface area (Å²) in [6, 6.07) is 6.57. The summed E-state index contributed by atoms with van der Waals surface area (Å²) < 4.78 is 16.2. The second-order valence-electron chi connectivity index (χ2n) is 5.91. The van der Waals surface area contributed by atoms with Crippen LogP contribution in [0.15, 0.2) is 47.4 Å². The number of nitrogens with one attached hydrogen (secondary N) is 1. The van der Waals surface area contributed by atoms with Crippen LogP contribution in [0.1, 0.15) is 21.2 Å². The van der Waals surface area contributed by atoms with Crippen LogP contribution in [0.4, 0.5) is 10.1 Å². The molecule has 0 aliphatic heterocycles. The Morgan fingerprint density at radius 3 is 2.78 bits per heavy atom. The van der Waals surface area contributed by atoms with Crippen molar-refractivity contribution in [2.45, 2.75) is 13.8 Å². The molecule has 27 heavy (non-hydrogen) atoms. The van der Waals surface area contributed by atoms with Crippen LogP contribution in [0.3, 0.4) is 0 Å². The Balaban J connectivity index is 1.57. The SMILES string of the molecule is Cc1nc(-c2ccsc2)sc1C(=O)Nc1ccc(-n2ccnc2C)c(F)c1. The van der Waals surface area contributed by atoms with Gasteiger partial charge in [-0.15, -0.1) is 11.3 Å². The van der Waals surface area contributed by atoms with Crippen LogP contribution in [-0.4, -0.2) is 20.4 Å². The molecule has 0 unspecified atom stereocenters. The van der Waals surface area contributed by atoms with Gasteiger partial charge in [-0.05, 0) is 43.5 Å². The fourth-order valence-electron chi connectivity index (χ4n) is 2.72. The maximum atomic E-state index is 14.5. The molecule has 0 aliphatic rings. The van der Waals surface area contributed by atoms with E-state index in [2.05, 4.69) is 15.3 Å². The van der Waals surface area contributed by atoms with Crippen molar-refractivity contribution in [3.8, 4) is 16.3 Å². The lowest BCUT2D eigenvalue weighted by Crippen LogP contribution is -2.12. The zero-order valence-electron chi connectivity index (χ0n) is 14.6. The highest BCUT2D eigenvalue weighted by Crippen LogP contribution is 2.30. The molecule has 136 valence electrons. The average molecular weight is 398 g/mol. The number of hydrogen-bond donors (Lipinski definition) is 1. The number of imidazole rings is 1. The smallest absolute Gasteiger partial charge is 0.267 e. The number of benzene rings is 1. The fraction of sp³-hybridized carbons (Fsp3) is 0.105. The zero-order valence-corrected chi connectivity index (χ0v) is 16.2. The van der Waals surface area contributed by atoms with E-state index in [4.69, 9.17) is 0 Å². The van der Waals surface area contributed by atoms with Gasteiger partial charge < -0.3 is 9.88 Å². The fourth-order valence-corrected chi connectivity index (χ4v) is 4.39. The summed E-state index contributed by atoms with van der Waals surface area (Å²) in [6.07, 6.45) is 3.31. The molecule has 4 aromatic rings. The van der Waals surface area contributed by atoms with Gasteiger partial charge >= 0.3 is 0 Å². The predicted molar refractivity (Wildman–Crippen MR) is 106 cm³/mol. The molecule has 1 aromatic carbocycles. The molecule has 0 atom stereocenters. The van der Waals surface area contributed by atoms with Gasteiger partial charge in [0.05, 0.1) is 11.4 Å². The lowest BCUT2D eigenvalue weighted by Gasteiger charge is -2.09. The van der Waals surface area contributed by atoms with Gasteiger partial charge in [0.25, 0.3) is 5.91 Å². The quantitative estimate of drug-likeness (QED) is 0.522. The Labute approximate surface area is 163 Å². The summed E-state index contributed by atoms with van der Waals surface area (Å²) in [5.41, 5.74) is 2.43. The van der Waals surface area contributed by atoms with E-state index in [9.17, 15) is 9.18 Å². The molecular formula is C19H15FN4OS2. The number of halogens is 1. The van der Waals surface area contributed by atoms with Crippen molar-refractivity contribution in [1.29, 1.82) is 0 Å². The third kappa shape index (κ3) is 3.41. The van der Waals surface area contributed by atoms with E-state index in [0.717, 1.165) is 10.6 Å². The third-order valence-corrected chi connectivity index (χ3v) is 5.95. The summed E-state index contributed by atoms with van der Waals surface area (Å²) >= 11 is 2.91. The predicted octanol–water partition coefficient (Wildman–Crippen LogP) is 5.07. The van der Waals surface area contributed by atoms with E-state index in [-0.39, 0.29) is 5.91 Å². The number of rotatable bonds is 4. The molecule has 1 N–H and O–H groups in total. The van der Waals surface area contributed by atoms with Gasteiger partial charge in [0.2, 0.25) is 0 Å². The highest BCUT2D eigenvalue weighted by molar-refractivity contribution is 7.17. The second kappa shape index (κ2) is 7.05. The van der Waals surface area contributed by atoms with E-state index >= 15 is 0 Å². The Hall–Kier alpha value is -2.84. The first-order valence-electron chi connectivity index (χ1n) is 8.14. The molecule has 0 radical (unpaired) electrons. The van der Waals surface area contributed by atoms with Crippen LogP contribution in [0.25, 0.3) is 16.3 Å². The second-order valence-corrected chi connectivity index (χ2v) is 7.69. The average Bonchev–Trinajstić information content (AvgIpc) is 3.36. The van der Waals surface area contributed by atoms with Gasteiger partial charge in [-0.2, -0.15) is 11.3 Å². The number of nitrogens with zero attached hydrogens (tertiary/aromatic N) is 3. The summed E-state index contributed by atoms with van der Waals surface area (Å²) in [4.78, 5) is 21.7. The summed E-state index contributed by atoms with van der Waals surface area (Å²) in [5, 5.41) is 7.52. The highest BCUT2D eigenvalue weighted by atomic mass is 32.1. The van der Waals surface area contributed by atoms with Crippen molar-refractivity contribution in [2.24, 2.45) is 0 Å². The largest absolute Gasteiger partial charge is 0.321 e. The van der Waals surface area contributed by atoms with Gasteiger partial charge in [-0.1, -0.05) is 0 Å². The minimum atomic E-state index is -0.436. The summed E-state index contributed by atoms with van der Waals surface area (Å²) in [5.74, 6) is -0.0433. The Bertz CT molecular complexity index is 1110. The molecule has 5 nitrogen and oxygen atoms in total. The molecule has 0 fully saturated rings. The molecule has 0 bridgehead atoms. The summed E-state index contributed by atoms with van der Waals surface area (Å²) in [7, 11) is 0. The van der Waals surface area contributed by atoms with Crippen LogP contribution in [0, 0.1) is 19.7 Å². The third-order valence-electron chi connectivity index (χ3n) is 4.06. The monoisotopic (exact) mass is 398 g/mol. The van der Waals surface area contributed by atoms with Crippen molar-refractivity contribution in [1.82, 2.24) is 14.5 Å². The number of aromatic nitrogens is 3. The molecule has 1 amide bonds. The first-order valence-corrected chi connectivity index (χ1v) is 9.90. The molecule has 0 saturated heterocycles. The van der Waals surface area contributed by atoms with Gasteiger partial charge in [0, 0.05) is 29.0 Å². The van der Waals surface area contributed by atoms with Crippen molar-refractivity contribution < 1.29 is 9.18 Å². The van der Waals surface area contributed by atoms with Crippen molar-refractivity contribution in [3.05, 3.63) is 69.6 Å². The topological polar surface area (TPSA) is 59.8 Å². The standard InChI is InChI=1S/C19H15FN4OS2/c1-11-17(27-19(22-11)13-5-8-26-10-13)18(25)23-14-3-4-16(15(20)9-14)24-7-6-21-12(24)2/h3-10H,1-2H3,(H,23,25). The Morgan fingerprint density at radius 1 is 1.26 bits per heavy atom. The van der Waals surface area contributed by atoms with Crippen LogP contribution >= 0.6 is 22.7 Å². The lowest BCUT2D eigenvalue weighted by molar-refractivity contribution is 0.103. The number of carbonyl (C=O) groups excluding carboxylic acids is 1. The maximum absolute atomic E-state index is 14.5. The van der Waals surface area contributed by atoms with Crippen LogP contribution in [0.2, 0.25) is 0 Å². The first-order chi connectivity index (χ1) is 13.0. The number of anilines is 1. The van der Waals surface area contributed by atoms with Gasteiger partial charge in [0.15, 0.2) is 0 Å². The van der Waals surface area contributed by atoms with Gasteiger partial charge in [-0.3, -0.25) is 4.79 Å². The molecule has 0 saturated carbocycles. The maximum Gasteiger partial charge on any atom is 0.267 e. The molecule has 3 aromatic heterocycles. The molecular weight excluding hydrogens is 383 g/mol. The van der Waals surface area contributed by atoms with Crippen molar-refractivity contribution in [3.63, 3.8) is 0 Å². The normalized spacial score (nSPS) is 10.9. The van der Waals surface area contributed by atoms with Gasteiger partial charge in [-0.25, -0.2) is 14.4 Å². The molecule has 3 heterocycles. The first kappa shape index (κ1) is 17.6.